The van der Waals surface area contributed by atoms with Gasteiger partial charge in [-0.2, -0.15) is 5.10 Å². The molecule has 1 aliphatic heterocycles. The first kappa shape index (κ1) is 21.6. The van der Waals surface area contributed by atoms with Gasteiger partial charge in [0, 0.05) is 10.0 Å². The maximum atomic E-state index is 13.0. The predicted molar refractivity (Wildman–Crippen MR) is 132 cm³/mol. The molecule has 0 saturated carbocycles. The van der Waals surface area contributed by atoms with Gasteiger partial charge in [0.05, 0.1) is 25.1 Å². The van der Waals surface area contributed by atoms with Crippen molar-refractivity contribution in [2.45, 2.75) is 25.1 Å². The van der Waals surface area contributed by atoms with E-state index in [2.05, 4.69) is 50.4 Å². The zero-order valence-electron chi connectivity index (χ0n) is 17.3. The van der Waals surface area contributed by atoms with Crippen LogP contribution in [0.15, 0.2) is 75.3 Å². The predicted octanol–water partition coefficient (Wildman–Crippen LogP) is 5.86. The van der Waals surface area contributed by atoms with E-state index in [0.29, 0.717) is 17.5 Å². The van der Waals surface area contributed by atoms with Gasteiger partial charge in [-0.15, -0.1) is 5.10 Å². The van der Waals surface area contributed by atoms with Gasteiger partial charge in [-0.1, -0.05) is 77.1 Å². The molecule has 1 aliphatic rings. The average Bonchev–Trinajstić information content (AvgIpc) is 3.09. The van der Waals surface area contributed by atoms with Gasteiger partial charge in [-0.05, 0) is 41.0 Å². The van der Waals surface area contributed by atoms with Crippen molar-refractivity contribution in [1.29, 1.82) is 0 Å². The number of carbonyl (C=O) groups excluding carboxylic acids is 1. The lowest BCUT2D eigenvalue weighted by Crippen LogP contribution is -2.31. The van der Waals surface area contributed by atoms with Crippen LogP contribution in [-0.4, -0.2) is 34.5 Å². The Morgan fingerprint density at radius 3 is 2.77 bits per heavy atom. The van der Waals surface area contributed by atoms with Gasteiger partial charge in [0.1, 0.15) is 5.75 Å². The van der Waals surface area contributed by atoms with Crippen molar-refractivity contribution in [3.63, 3.8) is 0 Å². The largest absolute Gasteiger partial charge is 0.496 e. The second-order valence-electron chi connectivity index (χ2n) is 7.09. The van der Waals surface area contributed by atoms with Gasteiger partial charge in [0.2, 0.25) is 5.91 Å². The van der Waals surface area contributed by atoms with Gasteiger partial charge < -0.3 is 4.74 Å². The summed E-state index contributed by atoms with van der Waals surface area (Å²) in [6.45, 7) is 2.49. The van der Waals surface area contributed by atoms with Gasteiger partial charge in [-0.3, -0.25) is 9.69 Å². The standard InChI is InChI=1S/C24H22BrN3O2S/c1-3-22-23(29)28(15-17-9-6-8-16-7-4-5-10-20(16)17)24(31-22)27-26-14-18-13-19(25)11-12-21(18)30-2/h4-14,22H,3,15H2,1-2H3/b26-14-,27-24-/t22-/m1/s1. The molecular formula is C24H22BrN3O2S. The molecule has 3 aromatic rings. The number of amides is 1. The summed E-state index contributed by atoms with van der Waals surface area (Å²) in [7, 11) is 1.62. The van der Waals surface area contributed by atoms with Crippen molar-refractivity contribution < 1.29 is 9.53 Å². The van der Waals surface area contributed by atoms with Crippen LogP contribution in [0, 0.1) is 0 Å². The molecule has 0 spiro atoms. The molecule has 158 valence electrons. The molecule has 0 aliphatic carbocycles. The lowest BCUT2D eigenvalue weighted by Gasteiger charge is -2.17. The van der Waals surface area contributed by atoms with Crippen molar-refractivity contribution in [1.82, 2.24) is 4.90 Å². The number of methoxy groups -OCH3 is 1. The normalized spacial score (nSPS) is 17.9. The fraction of sp³-hybridized carbons (Fsp3) is 0.208. The van der Waals surface area contributed by atoms with E-state index in [1.807, 2.05) is 43.3 Å². The van der Waals surface area contributed by atoms with Crippen LogP contribution < -0.4 is 4.74 Å². The van der Waals surface area contributed by atoms with Gasteiger partial charge >= 0.3 is 0 Å². The fourth-order valence-corrected chi connectivity index (χ4v) is 4.94. The summed E-state index contributed by atoms with van der Waals surface area (Å²) in [6.07, 6.45) is 2.40. The van der Waals surface area contributed by atoms with E-state index in [0.717, 1.165) is 32.8 Å². The molecule has 1 heterocycles. The zero-order chi connectivity index (χ0) is 21.8. The minimum atomic E-state index is -0.135. The molecule has 0 aromatic heterocycles. The lowest BCUT2D eigenvalue weighted by molar-refractivity contribution is -0.126. The van der Waals surface area contributed by atoms with Crippen LogP contribution in [0.3, 0.4) is 0 Å². The maximum absolute atomic E-state index is 13.0. The molecule has 1 saturated heterocycles. The number of amidine groups is 1. The third kappa shape index (κ3) is 4.67. The molecule has 3 aromatic carbocycles. The third-order valence-corrected chi connectivity index (χ3v) is 6.96. The quantitative estimate of drug-likeness (QED) is 0.318. The minimum Gasteiger partial charge on any atom is -0.496 e. The van der Waals surface area contributed by atoms with E-state index in [1.54, 1.807) is 18.2 Å². The van der Waals surface area contributed by atoms with Crippen LogP contribution in [0.2, 0.25) is 0 Å². The number of carbonyl (C=O) groups is 1. The van der Waals surface area contributed by atoms with Crippen LogP contribution in [0.5, 0.6) is 5.75 Å². The first-order chi connectivity index (χ1) is 15.1. The number of nitrogens with zero attached hydrogens (tertiary/aromatic N) is 3. The van der Waals surface area contributed by atoms with Crippen molar-refractivity contribution >= 4 is 55.8 Å². The van der Waals surface area contributed by atoms with Crippen LogP contribution >= 0.6 is 27.7 Å². The molecule has 1 amide bonds. The molecule has 0 N–H and O–H groups in total. The molecule has 1 atom stereocenters. The highest BCUT2D eigenvalue weighted by Crippen LogP contribution is 2.32. The van der Waals surface area contributed by atoms with Crippen molar-refractivity contribution in [2.75, 3.05) is 7.11 Å². The topological polar surface area (TPSA) is 54.3 Å². The SMILES string of the molecule is CC[C@H]1S/C(=N\N=C/c2cc(Br)ccc2OC)N(Cc2cccc3ccccc23)C1=O. The highest BCUT2D eigenvalue weighted by molar-refractivity contribution is 9.10. The Hall–Kier alpha value is -2.64. The van der Waals surface area contributed by atoms with Crippen LogP contribution in [0.25, 0.3) is 10.8 Å². The summed E-state index contributed by atoms with van der Waals surface area (Å²) in [5, 5.41) is 11.5. The molecule has 31 heavy (non-hydrogen) atoms. The number of halogens is 1. The molecule has 5 nitrogen and oxygen atoms in total. The minimum absolute atomic E-state index is 0.0782. The lowest BCUT2D eigenvalue weighted by atomic mass is 10.0. The summed E-state index contributed by atoms with van der Waals surface area (Å²) in [4.78, 5) is 14.8. The third-order valence-electron chi connectivity index (χ3n) is 5.13. The highest BCUT2D eigenvalue weighted by atomic mass is 79.9. The average molecular weight is 496 g/mol. The van der Waals surface area contributed by atoms with E-state index < -0.39 is 0 Å². The summed E-state index contributed by atoms with van der Waals surface area (Å²) in [6, 6.07) is 20.1. The smallest absolute Gasteiger partial charge is 0.242 e. The molecule has 4 rings (SSSR count). The highest BCUT2D eigenvalue weighted by Gasteiger charge is 2.37. The Kier molecular flexibility index (Phi) is 6.73. The Labute approximate surface area is 194 Å². The van der Waals surface area contributed by atoms with Crippen molar-refractivity contribution in [2.24, 2.45) is 10.2 Å². The molecule has 0 radical (unpaired) electrons. The van der Waals surface area contributed by atoms with Gasteiger partial charge in [-0.25, -0.2) is 0 Å². The maximum Gasteiger partial charge on any atom is 0.242 e. The Bertz CT molecular complexity index is 1170. The molecule has 0 bridgehead atoms. The number of ether oxygens (including phenoxy) is 1. The van der Waals surface area contributed by atoms with Gasteiger partial charge in [0.15, 0.2) is 5.17 Å². The first-order valence-electron chi connectivity index (χ1n) is 10.00. The van der Waals surface area contributed by atoms with E-state index in [4.69, 9.17) is 4.74 Å². The van der Waals surface area contributed by atoms with E-state index in [9.17, 15) is 4.79 Å². The van der Waals surface area contributed by atoms with Crippen LogP contribution in [-0.2, 0) is 11.3 Å². The van der Waals surface area contributed by atoms with Gasteiger partial charge in [0.25, 0.3) is 0 Å². The molecule has 7 heteroatoms. The van der Waals surface area contributed by atoms with E-state index in [1.165, 1.54) is 11.8 Å². The number of rotatable bonds is 6. The number of benzene rings is 3. The Balaban J connectivity index is 1.64. The van der Waals surface area contributed by atoms with Crippen LogP contribution in [0.4, 0.5) is 0 Å². The van der Waals surface area contributed by atoms with Crippen LogP contribution in [0.1, 0.15) is 24.5 Å². The van der Waals surface area contributed by atoms with E-state index >= 15 is 0 Å². The summed E-state index contributed by atoms with van der Waals surface area (Å²) in [5.41, 5.74) is 1.90. The molecular weight excluding hydrogens is 474 g/mol. The number of hydrogen-bond acceptors (Lipinski definition) is 5. The second-order valence-corrected chi connectivity index (χ2v) is 9.18. The summed E-state index contributed by atoms with van der Waals surface area (Å²) < 4.78 is 6.31. The Morgan fingerprint density at radius 1 is 1.16 bits per heavy atom. The number of thioether (sulfide) groups is 1. The molecule has 1 fully saturated rings. The summed E-state index contributed by atoms with van der Waals surface area (Å²) >= 11 is 4.94. The first-order valence-corrected chi connectivity index (χ1v) is 11.7. The number of fused-ring (bicyclic) bond motifs is 1. The van der Waals surface area contributed by atoms with E-state index in [-0.39, 0.29) is 11.2 Å². The summed E-state index contributed by atoms with van der Waals surface area (Å²) in [5.74, 6) is 0.788. The fourth-order valence-electron chi connectivity index (χ4n) is 3.54. The Morgan fingerprint density at radius 2 is 1.97 bits per heavy atom. The zero-order valence-corrected chi connectivity index (χ0v) is 19.7. The number of hydrogen-bond donors (Lipinski definition) is 0. The monoisotopic (exact) mass is 495 g/mol. The second kappa shape index (κ2) is 9.66. The van der Waals surface area contributed by atoms with Crippen molar-refractivity contribution in [3.8, 4) is 5.75 Å². The molecule has 0 unspecified atom stereocenters. The van der Waals surface area contributed by atoms with Crippen molar-refractivity contribution in [3.05, 3.63) is 76.3 Å².